The first-order valence-corrected chi connectivity index (χ1v) is 10.1. The third kappa shape index (κ3) is 4.27. The number of rotatable bonds is 4. The van der Waals surface area contributed by atoms with Gasteiger partial charge in [0.25, 0.3) is 0 Å². The van der Waals surface area contributed by atoms with Crippen LogP contribution < -0.4 is 4.74 Å². The summed E-state index contributed by atoms with van der Waals surface area (Å²) < 4.78 is 6.25. The molecule has 2 fully saturated rings. The van der Waals surface area contributed by atoms with Gasteiger partial charge in [0.2, 0.25) is 0 Å². The third-order valence-electron chi connectivity index (χ3n) is 5.76. The molecule has 0 radical (unpaired) electrons. The number of ether oxygens (including phenoxy) is 1. The van der Waals surface area contributed by atoms with Gasteiger partial charge in [0.1, 0.15) is 11.9 Å². The molecule has 3 nitrogen and oxygen atoms in total. The van der Waals surface area contributed by atoms with Gasteiger partial charge in [-0.05, 0) is 55.2 Å². The summed E-state index contributed by atoms with van der Waals surface area (Å²) in [7, 11) is 0. The van der Waals surface area contributed by atoms with E-state index in [1.807, 2.05) is 18.3 Å². The predicted octanol–water partition coefficient (Wildman–Crippen LogP) is 5.31. The predicted molar refractivity (Wildman–Crippen MR) is 103 cm³/mol. The van der Waals surface area contributed by atoms with E-state index in [1.165, 1.54) is 38.6 Å². The summed E-state index contributed by atoms with van der Waals surface area (Å²) in [5, 5.41) is 2.79. The lowest BCUT2D eigenvalue weighted by Gasteiger charge is -2.35. The number of fused-ring (bicyclic) bond motifs is 1. The van der Waals surface area contributed by atoms with Crippen molar-refractivity contribution in [1.82, 2.24) is 9.88 Å². The van der Waals surface area contributed by atoms with Gasteiger partial charge < -0.3 is 9.64 Å². The highest BCUT2D eigenvalue weighted by Gasteiger charge is 2.23. The Hall–Kier alpha value is -1.32. The molecular weight excluding hydrogens is 332 g/mol. The molecular formula is C21H27ClN2O. The Morgan fingerprint density at radius 1 is 1.08 bits per heavy atom. The van der Waals surface area contributed by atoms with Gasteiger partial charge in [-0.25, -0.2) is 0 Å². The van der Waals surface area contributed by atoms with Gasteiger partial charge in [0, 0.05) is 37.4 Å². The van der Waals surface area contributed by atoms with Crippen molar-refractivity contribution in [2.45, 2.75) is 51.0 Å². The normalized spacial score (nSPS) is 20.8. The van der Waals surface area contributed by atoms with Crippen molar-refractivity contribution in [3.8, 4) is 5.75 Å². The molecule has 1 aromatic heterocycles. The van der Waals surface area contributed by atoms with E-state index in [0.29, 0.717) is 6.10 Å². The fourth-order valence-electron chi connectivity index (χ4n) is 4.33. The molecule has 0 N–H and O–H groups in total. The molecule has 4 heteroatoms. The zero-order valence-corrected chi connectivity index (χ0v) is 15.5. The molecule has 0 spiro atoms. The smallest absolute Gasteiger partial charge is 0.121 e. The van der Waals surface area contributed by atoms with Gasteiger partial charge >= 0.3 is 0 Å². The van der Waals surface area contributed by atoms with Crippen LogP contribution in [0.3, 0.4) is 0 Å². The molecule has 25 heavy (non-hydrogen) atoms. The van der Waals surface area contributed by atoms with E-state index < -0.39 is 0 Å². The van der Waals surface area contributed by atoms with Crippen molar-refractivity contribution >= 4 is 22.4 Å². The standard InChI is InChI=1S/C21H27ClN2O/c22-21-13-19(12-17-6-9-23-14-20(17)21)25-18-7-10-24(11-8-18)15-16-4-2-1-3-5-16/h6,9,12-14,16,18H,1-5,7-8,10-11,15H2. The SMILES string of the molecule is Clc1cc(OC2CCN(CC3CCCCC3)CC2)cc2ccncc12. The van der Waals surface area contributed by atoms with E-state index in [2.05, 4.69) is 16.0 Å². The van der Waals surface area contributed by atoms with E-state index in [1.54, 1.807) is 6.20 Å². The minimum atomic E-state index is 0.304. The maximum Gasteiger partial charge on any atom is 0.121 e. The molecule has 4 rings (SSSR count). The number of likely N-dealkylation sites (tertiary alicyclic amines) is 1. The van der Waals surface area contributed by atoms with Gasteiger partial charge in [0.05, 0.1) is 5.02 Å². The van der Waals surface area contributed by atoms with Gasteiger partial charge in [-0.3, -0.25) is 4.98 Å². The summed E-state index contributed by atoms with van der Waals surface area (Å²) in [5.74, 6) is 1.81. The van der Waals surface area contributed by atoms with Crippen LogP contribution in [0.2, 0.25) is 5.02 Å². The molecule has 134 valence electrons. The van der Waals surface area contributed by atoms with Crippen LogP contribution in [0.25, 0.3) is 10.8 Å². The summed E-state index contributed by atoms with van der Waals surface area (Å²) in [6.45, 7) is 3.61. The lowest BCUT2D eigenvalue weighted by Crippen LogP contribution is -2.40. The average Bonchev–Trinajstić information content (AvgIpc) is 2.64. The summed E-state index contributed by atoms with van der Waals surface area (Å²) >= 11 is 6.38. The zero-order chi connectivity index (χ0) is 17.1. The molecule has 1 aliphatic carbocycles. The second-order valence-corrected chi connectivity index (χ2v) is 8.03. The number of benzene rings is 1. The van der Waals surface area contributed by atoms with E-state index in [9.17, 15) is 0 Å². The largest absolute Gasteiger partial charge is 0.490 e. The lowest BCUT2D eigenvalue weighted by atomic mass is 9.88. The molecule has 0 atom stereocenters. The first-order chi connectivity index (χ1) is 12.3. The maximum atomic E-state index is 6.38. The van der Waals surface area contributed by atoms with Gasteiger partial charge in [0.15, 0.2) is 0 Å². The molecule has 1 saturated heterocycles. The number of hydrogen-bond acceptors (Lipinski definition) is 3. The topological polar surface area (TPSA) is 25.4 Å². The molecule has 0 amide bonds. The van der Waals surface area contributed by atoms with Crippen LogP contribution in [-0.4, -0.2) is 35.6 Å². The summed E-state index contributed by atoms with van der Waals surface area (Å²) in [6, 6.07) is 6.00. The minimum absolute atomic E-state index is 0.304. The quantitative estimate of drug-likeness (QED) is 0.740. The highest BCUT2D eigenvalue weighted by molar-refractivity contribution is 6.35. The van der Waals surface area contributed by atoms with Crippen LogP contribution in [-0.2, 0) is 0 Å². The van der Waals surface area contributed by atoms with E-state index >= 15 is 0 Å². The second-order valence-electron chi connectivity index (χ2n) is 7.62. The third-order valence-corrected chi connectivity index (χ3v) is 6.07. The van der Waals surface area contributed by atoms with Crippen LogP contribution in [0.4, 0.5) is 0 Å². The summed E-state index contributed by atoms with van der Waals surface area (Å²) in [5.41, 5.74) is 0. The van der Waals surface area contributed by atoms with Crippen molar-refractivity contribution in [2.75, 3.05) is 19.6 Å². The Labute approximate surface area is 155 Å². The van der Waals surface area contributed by atoms with Crippen LogP contribution in [0.5, 0.6) is 5.75 Å². The molecule has 1 saturated carbocycles. The molecule has 0 bridgehead atoms. The highest BCUT2D eigenvalue weighted by Crippen LogP contribution is 2.30. The molecule has 2 aromatic rings. The Balaban J connectivity index is 1.32. The number of aromatic nitrogens is 1. The fraction of sp³-hybridized carbons (Fsp3) is 0.571. The number of nitrogens with zero attached hydrogens (tertiary/aromatic N) is 2. The lowest BCUT2D eigenvalue weighted by molar-refractivity contribution is 0.0864. The Morgan fingerprint density at radius 2 is 1.88 bits per heavy atom. The number of pyridine rings is 1. The highest BCUT2D eigenvalue weighted by atomic mass is 35.5. The van der Waals surface area contributed by atoms with Crippen LogP contribution in [0.15, 0.2) is 30.6 Å². The monoisotopic (exact) mass is 358 g/mol. The molecule has 1 aliphatic heterocycles. The molecule has 1 aromatic carbocycles. The summed E-state index contributed by atoms with van der Waals surface area (Å²) in [4.78, 5) is 6.79. The van der Waals surface area contributed by atoms with Crippen LogP contribution in [0.1, 0.15) is 44.9 Å². The van der Waals surface area contributed by atoms with Crippen molar-refractivity contribution in [1.29, 1.82) is 0 Å². The number of piperidine rings is 1. The van der Waals surface area contributed by atoms with Crippen LogP contribution in [0, 0.1) is 5.92 Å². The van der Waals surface area contributed by atoms with Crippen molar-refractivity contribution in [3.63, 3.8) is 0 Å². The fourth-order valence-corrected chi connectivity index (χ4v) is 4.60. The van der Waals surface area contributed by atoms with Gasteiger partial charge in [-0.2, -0.15) is 0 Å². The minimum Gasteiger partial charge on any atom is -0.490 e. The first-order valence-electron chi connectivity index (χ1n) is 9.70. The van der Waals surface area contributed by atoms with Crippen molar-refractivity contribution in [3.05, 3.63) is 35.6 Å². The molecule has 2 heterocycles. The van der Waals surface area contributed by atoms with E-state index in [4.69, 9.17) is 16.3 Å². The molecule has 2 aliphatic rings. The zero-order valence-electron chi connectivity index (χ0n) is 14.8. The number of hydrogen-bond donors (Lipinski definition) is 0. The van der Waals surface area contributed by atoms with Gasteiger partial charge in [-0.15, -0.1) is 0 Å². The van der Waals surface area contributed by atoms with E-state index in [-0.39, 0.29) is 0 Å². The number of halogens is 1. The molecule has 0 unspecified atom stereocenters. The van der Waals surface area contributed by atoms with Gasteiger partial charge in [-0.1, -0.05) is 30.9 Å². The Kier molecular flexibility index (Phi) is 5.42. The van der Waals surface area contributed by atoms with E-state index in [0.717, 1.165) is 53.4 Å². The van der Waals surface area contributed by atoms with Crippen molar-refractivity contribution < 1.29 is 4.74 Å². The van der Waals surface area contributed by atoms with Crippen molar-refractivity contribution in [2.24, 2.45) is 5.92 Å². The Bertz CT molecular complexity index is 706. The maximum absolute atomic E-state index is 6.38. The van der Waals surface area contributed by atoms with Crippen LogP contribution >= 0.6 is 11.6 Å². The summed E-state index contributed by atoms with van der Waals surface area (Å²) in [6.07, 6.45) is 13.3. The first kappa shape index (κ1) is 17.1. The Morgan fingerprint density at radius 3 is 2.68 bits per heavy atom. The second kappa shape index (κ2) is 7.92. The average molecular weight is 359 g/mol.